The largest absolute Gasteiger partial charge is 0.297 e. The molecule has 2 nitrogen and oxygen atoms in total. The Balaban J connectivity index is 2.04. The lowest BCUT2D eigenvalue weighted by molar-refractivity contribution is 0.303. The van der Waals surface area contributed by atoms with Crippen molar-refractivity contribution >= 4 is 5.71 Å². The zero-order valence-corrected chi connectivity index (χ0v) is 6.67. The number of hydrazone groups is 1. The highest BCUT2D eigenvalue weighted by Crippen LogP contribution is 2.34. The van der Waals surface area contributed by atoms with Crippen LogP contribution >= 0.6 is 0 Å². The third kappa shape index (κ3) is 0.917. The van der Waals surface area contributed by atoms with E-state index in [0.29, 0.717) is 6.04 Å². The molecule has 56 valence electrons. The summed E-state index contributed by atoms with van der Waals surface area (Å²) in [4.78, 5) is 0. The summed E-state index contributed by atoms with van der Waals surface area (Å²) in [5, 5.41) is 6.57. The minimum absolute atomic E-state index is 0.649. The molecule has 1 aliphatic heterocycles. The van der Waals surface area contributed by atoms with Crippen molar-refractivity contribution in [3.63, 3.8) is 0 Å². The fourth-order valence-electron chi connectivity index (χ4n) is 1.44. The topological polar surface area (TPSA) is 15.6 Å². The molecule has 1 fully saturated rings. The molecule has 1 unspecified atom stereocenters. The minimum atomic E-state index is 0.649. The third-order valence-corrected chi connectivity index (χ3v) is 2.48. The molecule has 2 aliphatic rings. The summed E-state index contributed by atoms with van der Waals surface area (Å²) < 4.78 is 0. The lowest BCUT2D eigenvalue weighted by Crippen LogP contribution is -2.17. The monoisotopic (exact) mass is 138 g/mol. The van der Waals surface area contributed by atoms with Crippen molar-refractivity contribution in [2.75, 3.05) is 7.05 Å². The van der Waals surface area contributed by atoms with Gasteiger partial charge < -0.3 is 0 Å². The summed E-state index contributed by atoms with van der Waals surface area (Å²) in [6, 6.07) is 0.649. The fourth-order valence-corrected chi connectivity index (χ4v) is 1.44. The Bertz CT molecular complexity index is 170. The Morgan fingerprint density at radius 3 is 2.60 bits per heavy atom. The van der Waals surface area contributed by atoms with Crippen molar-refractivity contribution in [1.29, 1.82) is 0 Å². The number of hydrogen-bond donors (Lipinski definition) is 0. The van der Waals surface area contributed by atoms with Crippen LogP contribution in [-0.2, 0) is 0 Å². The second-order valence-electron chi connectivity index (χ2n) is 3.49. The maximum Gasteiger partial charge on any atom is 0.0492 e. The second kappa shape index (κ2) is 1.97. The van der Waals surface area contributed by atoms with Crippen LogP contribution in [0.2, 0.25) is 0 Å². The van der Waals surface area contributed by atoms with E-state index >= 15 is 0 Å². The van der Waals surface area contributed by atoms with Crippen LogP contribution in [0.3, 0.4) is 0 Å². The molecule has 0 aromatic heterocycles. The summed E-state index contributed by atoms with van der Waals surface area (Å²) in [5.41, 5.74) is 1.45. The van der Waals surface area contributed by atoms with E-state index in [1.54, 1.807) is 0 Å². The van der Waals surface area contributed by atoms with Crippen LogP contribution in [0, 0.1) is 5.92 Å². The van der Waals surface area contributed by atoms with Crippen molar-refractivity contribution in [3.05, 3.63) is 0 Å². The SMILES string of the molecule is CC1CC(C2CC2)=NN1C. The molecule has 1 heterocycles. The maximum absolute atomic E-state index is 4.48. The highest BCUT2D eigenvalue weighted by molar-refractivity contribution is 5.90. The van der Waals surface area contributed by atoms with E-state index in [1.807, 2.05) is 0 Å². The molecule has 1 aliphatic carbocycles. The molecule has 0 spiro atoms. The molecule has 0 N–H and O–H groups in total. The molecular formula is C8H14N2. The lowest BCUT2D eigenvalue weighted by atomic mass is 10.1. The summed E-state index contributed by atoms with van der Waals surface area (Å²) >= 11 is 0. The van der Waals surface area contributed by atoms with Crippen molar-refractivity contribution in [1.82, 2.24) is 5.01 Å². The molecule has 0 amide bonds. The molecule has 1 saturated carbocycles. The molecule has 0 aromatic rings. The first-order chi connectivity index (χ1) is 4.77. The van der Waals surface area contributed by atoms with Gasteiger partial charge in [-0.05, 0) is 25.7 Å². The highest BCUT2D eigenvalue weighted by Gasteiger charge is 2.32. The van der Waals surface area contributed by atoms with Crippen molar-refractivity contribution < 1.29 is 0 Å². The van der Waals surface area contributed by atoms with Crippen molar-refractivity contribution in [3.8, 4) is 0 Å². The average Bonchev–Trinajstić information content (AvgIpc) is 2.64. The standard InChI is InChI=1S/C8H14N2/c1-6-5-8(7-3-4-7)9-10(6)2/h6-7H,3-5H2,1-2H3. The van der Waals surface area contributed by atoms with E-state index in [4.69, 9.17) is 0 Å². The molecular weight excluding hydrogens is 124 g/mol. The van der Waals surface area contributed by atoms with E-state index in [2.05, 4.69) is 24.1 Å². The van der Waals surface area contributed by atoms with Gasteiger partial charge in [0.1, 0.15) is 0 Å². The van der Waals surface area contributed by atoms with E-state index in [1.165, 1.54) is 25.0 Å². The Kier molecular flexibility index (Phi) is 1.22. The van der Waals surface area contributed by atoms with E-state index in [0.717, 1.165) is 5.92 Å². The van der Waals surface area contributed by atoms with Gasteiger partial charge in [0.2, 0.25) is 0 Å². The van der Waals surface area contributed by atoms with Gasteiger partial charge in [0.05, 0.1) is 0 Å². The van der Waals surface area contributed by atoms with Crippen LogP contribution < -0.4 is 0 Å². The smallest absolute Gasteiger partial charge is 0.0492 e. The first-order valence-electron chi connectivity index (χ1n) is 4.07. The van der Waals surface area contributed by atoms with Gasteiger partial charge in [0.15, 0.2) is 0 Å². The van der Waals surface area contributed by atoms with Gasteiger partial charge in [-0.3, -0.25) is 5.01 Å². The van der Waals surface area contributed by atoms with Crippen LogP contribution in [0.5, 0.6) is 0 Å². The molecule has 2 rings (SSSR count). The van der Waals surface area contributed by atoms with E-state index < -0.39 is 0 Å². The fraction of sp³-hybridized carbons (Fsp3) is 0.875. The van der Waals surface area contributed by atoms with Crippen LogP contribution in [0.4, 0.5) is 0 Å². The number of rotatable bonds is 1. The highest BCUT2D eigenvalue weighted by atomic mass is 15.5. The average molecular weight is 138 g/mol. The van der Waals surface area contributed by atoms with Crippen molar-refractivity contribution in [2.24, 2.45) is 11.0 Å². The van der Waals surface area contributed by atoms with Gasteiger partial charge in [0.25, 0.3) is 0 Å². The zero-order valence-electron chi connectivity index (χ0n) is 6.67. The van der Waals surface area contributed by atoms with E-state index in [9.17, 15) is 0 Å². The summed E-state index contributed by atoms with van der Waals surface area (Å²) in [6.45, 7) is 2.24. The van der Waals surface area contributed by atoms with Crippen LogP contribution in [-0.4, -0.2) is 23.8 Å². The first kappa shape index (κ1) is 6.20. The predicted molar refractivity (Wildman–Crippen MR) is 42.0 cm³/mol. The Morgan fingerprint density at radius 2 is 2.20 bits per heavy atom. The van der Waals surface area contributed by atoms with Gasteiger partial charge in [-0.15, -0.1) is 0 Å². The Morgan fingerprint density at radius 1 is 1.50 bits per heavy atom. The minimum Gasteiger partial charge on any atom is -0.297 e. The number of hydrogen-bond acceptors (Lipinski definition) is 2. The molecule has 1 atom stereocenters. The van der Waals surface area contributed by atoms with Gasteiger partial charge in [0, 0.05) is 25.2 Å². The van der Waals surface area contributed by atoms with Crippen molar-refractivity contribution in [2.45, 2.75) is 32.2 Å². The van der Waals surface area contributed by atoms with Crippen LogP contribution in [0.15, 0.2) is 5.10 Å². The normalized spacial score (nSPS) is 32.8. The molecule has 0 saturated heterocycles. The number of nitrogens with zero attached hydrogens (tertiary/aromatic N) is 2. The van der Waals surface area contributed by atoms with E-state index in [-0.39, 0.29) is 0 Å². The Labute approximate surface area is 61.9 Å². The third-order valence-electron chi connectivity index (χ3n) is 2.48. The predicted octanol–water partition coefficient (Wildman–Crippen LogP) is 1.48. The van der Waals surface area contributed by atoms with Crippen LogP contribution in [0.1, 0.15) is 26.2 Å². The summed E-state index contributed by atoms with van der Waals surface area (Å²) in [6.07, 6.45) is 3.99. The summed E-state index contributed by atoms with van der Waals surface area (Å²) in [7, 11) is 2.07. The first-order valence-corrected chi connectivity index (χ1v) is 4.07. The molecule has 0 bridgehead atoms. The maximum atomic E-state index is 4.48. The van der Waals surface area contributed by atoms with Gasteiger partial charge in [-0.1, -0.05) is 0 Å². The zero-order chi connectivity index (χ0) is 7.14. The lowest BCUT2D eigenvalue weighted by Gasteiger charge is -2.11. The molecule has 2 heteroatoms. The van der Waals surface area contributed by atoms with Gasteiger partial charge in [-0.25, -0.2) is 0 Å². The second-order valence-corrected chi connectivity index (χ2v) is 3.49. The van der Waals surface area contributed by atoms with Gasteiger partial charge in [-0.2, -0.15) is 5.10 Å². The molecule has 10 heavy (non-hydrogen) atoms. The van der Waals surface area contributed by atoms with Gasteiger partial charge >= 0.3 is 0 Å². The summed E-state index contributed by atoms with van der Waals surface area (Å²) in [5.74, 6) is 0.868. The Hall–Kier alpha value is -0.530. The van der Waals surface area contributed by atoms with Crippen LogP contribution in [0.25, 0.3) is 0 Å². The quantitative estimate of drug-likeness (QED) is 0.536. The molecule has 0 aromatic carbocycles. The molecule has 0 radical (unpaired) electrons.